The average Bonchev–Trinajstić information content (AvgIpc) is 1.54. The lowest BCUT2D eigenvalue weighted by Gasteiger charge is -2.51. The van der Waals surface area contributed by atoms with Crippen molar-refractivity contribution < 1.29 is 76.3 Å². The van der Waals surface area contributed by atoms with Crippen molar-refractivity contribution in [3.63, 3.8) is 0 Å². The summed E-state index contributed by atoms with van der Waals surface area (Å²) in [5.41, 5.74) is 6.23. The number of esters is 1. The molecule has 0 bridgehead atoms. The molecule has 17 nitrogen and oxygen atoms in total. The molecule has 10 rings (SSSR count). The van der Waals surface area contributed by atoms with Gasteiger partial charge in [0.1, 0.15) is 61.0 Å². The maximum atomic E-state index is 13.7. The van der Waals surface area contributed by atoms with Crippen molar-refractivity contribution >= 4 is 11.9 Å². The van der Waals surface area contributed by atoms with E-state index in [2.05, 4.69) is 5.32 Å². The van der Waals surface area contributed by atoms with Crippen molar-refractivity contribution in [1.29, 1.82) is 0 Å². The number of nitrogens with one attached hydrogen (secondary N) is 1. The van der Waals surface area contributed by atoms with Crippen molar-refractivity contribution in [2.24, 2.45) is 0 Å². The number of rotatable bonds is 29. The van der Waals surface area contributed by atoms with Crippen LogP contribution in [-0.2, 0) is 117 Å². The summed E-state index contributed by atoms with van der Waals surface area (Å²) in [6.07, 6.45) is -16.0. The summed E-state index contributed by atoms with van der Waals surface area (Å²) in [5, 5.41) is 15.2. The highest BCUT2D eigenvalue weighted by Gasteiger charge is 2.57. The van der Waals surface area contributed by atoms with Crippen LogP contribution in [0.1, 0.15) is 59.7 Å². The van der Waals surface area contributed by atoms with Crippen molar-refractivity contribution in [1.82, 2.24) is 5.32 Å². The molecular weight excluding hydrogens is 1120 g/mol. The normalized spacial score (nSPS) is 27.1. The summed E-state index contributed by atoms with van der Waals surface area (Å²) in [6.45, 7) is 5.40. The molecule has 7 aromatic rings. The summed E-state index contributed by atoms with van der Waals surface area (Å²) in [5.74, 6) is -1.17. The van der Waals surface area contributed by atoms with Crippen LogP contribution in [0.2, 0.25) is 0 Å². The summed E-state index contributed by atoms with van der Waals surface area (Å²) >= 11 is 0. The lowest BCUT2D eigenvalue weighted by atomic mass is 9.94. The van der Waals surface area contributed by atoms with Crippen molar-refractivity contribution in [2.45, 2.75) is 159 Å². The SMILES string of the molecule is CC(=O)N[C@@H]1[C@@H](O[C@@H]2O[C@@H](C)[C@@H](OCc3ccccc3)[C@@H](OCc3ccccc3)[C@@H]2OCc2ccccc2)[C@H](O[C@@H]2O[C@H](COCc3ccccc3)[C@H](OCc3ccccc3)[C@H](OCc3ccccc3)[C@H]2OC(C)=O)[C@@H](COCc2ccccc2)O[C@H]1O. The average molecular weight is 1200 g/mol. The van der Waals surface area contributed by atoms with E-state index in [-0.39, 0.29) is 59.5 Å². The Balaban J connectivity index is 1.05. The van der Waals surface area contributed by atoms with E-state index in [1.165, 1.54) is 13.8 Å². The number of carbonyl (C=O) groups is 2. The van der Waals surface area contributed by atoms with Gasteiger partial charge in [0.05, 0.1) is 65.6 Å². The minimum absolute atomic E-state index is 0.0315. The van der Waals surface area contributed by atoms with E-state index in [0.29, 0.717) is 0 Å². The van der Waals surface area contributed by atoms with Crippen LogP contribution in [0, 0.1) is 0 Å². The Kier molecular flexibility index (Phi) is 24.0. The number of hydrogen-bond acceptors (Lipinski definition) is 16. The van der Waals surface area contributed by atoms with Crippen LogP contribution in [0.15, 0.2) is 212 Å². The van der Waals surface area contributed by atoms with Crippen LogP contribution in [0.5, 0.6) is 0 Å². The first kappa shape index (κ1) is 64.0. The second-order valence-corrected chi connectivity index (χ2v) is 22.1. The highest BCUT2D eigenvalue weighted by molar-refractivity contribution is 5.73. The van der Waals surface area contributed by atoms with Crippen molar-refractivity contribution in [3.8, 4) is 0 Å². The number of amides is 1. The predicted octanol–water partition coefficient (Wildman–Crippen LogP) is 9.74. The number of ether oxygens (including phenoxy) is 13. The number of aliphatic hydroxyl groups excluding tert-OH is 1. The highest BCUT2D eigenvalue weighted by Crippen LogP contribution is 2.38. The molecule has 464 valence electrons. The maximum Gasteiger partial charge on any atom is 0.303 e. The van der Waals surface area contributed by atoms with Crippen LogP contribution in [0.25, 0.3) is 0 Å². The topological polar surface area (TPSA) is 186 Å². The van der Waals surface area contributed by atoms with Gasteiger partial charge >= 0.3 is 5.97 Å². The van der Waals surface area contributed by atoms with Crippen LogP contribution in [0.3, 0.4) is 0 Å². The number of carbonyl (C=O) groups excluding carboxylic acids is 2. The Bertz CT molecular complexity index is 3120. The van der Waals surface area contributed by atoms with Gasteiger partial charge in [-0.3, -0.25) is 9.59 Å². The Morgan fingerprint density at radius 1 is 0.386 bits per heavy atom. The quantitative estimate of drug-likeness (QED) is 0.0422. The molecular formula is C71H79NO16. The molecule has 0 unspecified atom stereocenters. The minimum Gasteiger partial charge on any atom is -0.454 e. The smallest absolute Gasteiger partial charge is 0.303 e. The van der Waals surface area contributed by atoms with Gasteiger partial charge in [-0.1, -0.05) is 212 Å². The lowest BCUT2D eigenvalue weighted by Crippen LogP contribution is -2.70. The zero-order valence-electron chi connectivity index (χ0n) is 49.8. The van der Waals surface area contributed by atoms with Crippen molar-refractivity contribution in [2.75, 3.05) is 13.2 Å². The minimum atomic E-state index is -1.70. The van der Waals surface area contributed by atoms with Crippen LogP contribution >= 0.6 is 0 Å². The largest absolute Gasteiger partial charge is 0.454 e. The van der Waals surface area contributed by atoms with E-state index in [0.717, 1.165) is 38.9 Å². The summed E-state index contributed by atoms with van der Waals surface area (Å²) < 4.78 is 89.1. The first-order chi connectivity index (χ1) is 43.1. The third-order valence-corrected chi connectivity index (χ3v) is 15.5. The third kappa shape index (κ3) is 18.3. The summed E-state index contributed by atoms with van der Waals surface area (Å²) in [6, 6.07) is 66.6. The molecule has 15 atom stereocenters. The Hall–Kier alpha value is -7.04. The number of hydrogen-bond donors (Lipinski definition) is 2. The van der Waals surface area contributed by atoms with Gasteiger partial charge in [-0.15, -0.1) is 0 Å². The molecule has 1 amide bonds. The third-order valence-electron chi connectivity index (χ3n) is 15.5. The van der Waals surface area contributed by atoms with Gasteiger partial charge in [-0.2, -0.15) is 0 Å². The zero-order valence-corrected chi connectivity index (χ0v) is 49.8. The van der Waals surface area contributed by atoms with Gasteiger partial charge in [-0.05, 0) is 45.9 Å². The molecule has 3 heterocycles. The van der Waals surface area contributed by atoms with Crippen molar-refractivity contribution in [3.05, 3.63) is 251 Å². The fourth-order valence-electron chi connectivity index (χ4n) is 11.2. The predicted molar refractivity (Wildman–Crippen MR) is 324 cm³/mol. The second kappa shape index (κ2) is 33.0. The number of aliphatic hydroxyl groups is 1. The molecule has 0 aliphatic carbocycles. The van der Waals surface area contributed by atoms with Gasteiger partial charge in [0.2, 0.25) is 5.91 Å². The summed E-state index contributed by atoms with van der Waals surface area (Å²) in [4.78, 5) is 27.2. The zero-order chi connectivity index (χ0) is 60.9. The first-order valence-corrected chi connectivity index (χ1v) is 30.0. The van der Waals surface area contributed by atoms with E-state index in [4.69, 9.17) is 61.6 Å². The first-order valence-electron chi connectivity index (χ1n) is 30.0. The molecule has 7 aromatic carbocycles. The molecule has 3 saturated heterocycles. The molecule has 0 radical (unpaired) electrons. The second-order valence-electron chi connectivity index (χ2n) is 22.1. The van der Waals surface area contributed by atoms with E-state index >= 15 is 0 Å². The van der Waals surface area contributed by atoms with Gasteiger partial charge in [0, 0.05) is 13.8 Å². The van der Waals surface area contributed by atoms with Gasteiger partial charge in [0.25, 0.3) is 0 Å². The lowest BCUT2D eigenvalue weighted by molar-refractivity contribution is -0.380. The molecule has 3 aliphatic rings. The van der Waals surface area contributed by atoms with E-state index < -0.39 is 104 Å². The molecule has 0 aromatic heterocycles. The molecule has 2 N–H and O–H groups in total. The summed E-state index contributed by atoms with van der Waals surface area (Å²) in [7, 11) is 0. The molecule has 0 spiro atoms. The molecule has 3 aliphatic heterocycles. The highest BCUT2D eigenvalue weighted by atomic mass is 16.8. The molecule has 3 fully saturated rings. The van der Waals surface area contributed by atoms with E-state index in [9.17, 15) is 14.7 Å². The van der Waals surface area contributed by atoms with E-state index in [1.54, 1.807) is 0 Å². The van der Waals surface area contributed by atoms with Crippen LogP contribution < -0.4 is 5.32 Å². The van der Waals surface area contributed by atoms with Crippen LogP contribution in [-0.4, -0.2) is 122 Å². The molecule has 0 saturated carbocycles. The fourth-order valence-corrected chi connectivity index (χ4v) is 11.2. The van der Waals surface area contributed by atoms with Gasteiger partial charge in [-0.25, -0.2) is 0 Å². The van der Waals surface area contributed by atoms with Gasteiger partial charge in [0.15, 0.2) is 25.0 Å². The van der Waals surface area contributed by atoms with E-state index in [1.807, 2.05) is 219 Å². The molecule has 88 heavy (non-hydrogen) atoms. The monoisotopic (exact) mass is 1200 g/mol. The maximum absolute atomic E-state index is 13.7. The van der Waals surface area contributed by atoms with Crippen LogP contribution in [0.4, 0.5) is 0 Å². The fraction of sp³-hybridized carbons (Fsp3) is 0.380. The Morgan fingerprint density at radius 2 is 0.716 bits per heavy atom. The molecule has 17 heteroatoms. The Labute approximate surface area is 514 Å². The Morgan fingerprint density at radius 3 is 1.11 bits per heavy atom. The van der Waals surface area contributed by atoms with Gasteiger partial charge < -0.3 is 72.0 Å². The standard InChI is InChI=1S/C71H79NO16/c1-48-61(78-41-53-29-15-6-16-30-53)65(80-43-55-33-19-8-20-34-55)67(82-45-57-37-23-10-24-38-57)70(83-48)88-64-60(72-49(2)73)69(75)85-59(47-77-40-52-27-13-5-14-28-52)63(64)87-71-68(84-50(3)74)66(81-44-56-35-21-9-22-36-56)62(79-42-54-31-17-7-18-32-54)58(86-71)46-76-39-51-25-11-4-12-26-51/h4-38,48,58-71,75H,39-47H2,1-3H3,(H,72,73)/t48-,58+,59+,60+,61+,62-,63+,64+,65+,66-,67-,68+,69+,70-,71-/m0/s1. The number of benzene rings is 7.